The highest BCUT2D eigenvalue weighted by Gasteiger charge is 2.11. The van der Waals surface area contributed by atoms with Crippen LogP contribution in [-0.4, -0.2) is 36.9 Å². The van der Waals surface area contributed by atoms with Crippen LogP contribution in [0.1, 0.15) is 31.9 Å². The number of rotatable bonds is 9. The molecule has 2 rings (SSSR count). The summed E-state index contributed by atoms with van der Waals surface area (Å²) in [4.78, 5) is 8.85. The summed E-state index contributed by atoms with van der Waals surface area (Å²) in [7, 11) is 1.46. The van der Waals surface area contributed by atoms with Crippen molar-refractivity contribution in [3.8, 4) is 5.75 Å². The third-order valence-electron chi connectivity index (χ3n) is 3.58. The van der Waals surface area contributed by atoms with Gasteiger partial charge in [-0.3, -0.25) is 4.99 Å². The van der Waals surface area contributed by atoms with Crippen molar-refractivity contribution in [1.29, 1.82) is 0 Å². The Hall–Kier alpha value is -1.80. The molecule has 5 nitrogen and oxygen atoms in total. The van der Waals surface area contributed by atoms with E-state index >= 15 is 0 Å². The third-order valence-corrected chi connectivity index (χ3v) is 5.63. The summed E-state index contributed by atoms with van der Waals surface area (Å²) in [5.74, 6) is 1.60. The van der Waals surface area contributed by atoms with Gasteiger partial charge in [-0.2, -0.15) is 0 Å². The first-order chi connectivity index (χ1) is 12.6. The number of methoxy groups -OCH3 is 1. The minimum absolute atomic E-state index is 0.0714. The monoisotopic (exact) mass is 396 g/mol. The van der Waals surface area contributed by atoms with E-state index in [1.807, 2.05) is 31.5 Å². The molecule has 1 aromatic carbocycles. The van der Waals surface area contributed by atoms with Crippen LogP contribution in [0.25, 0.3) is 0 Å². The number of hydrogen-bond acceptors (Lipinski definition) is 5. The van der Waals surface area contributed by atoms with Crippen LogP contribution in [-0.2, 0) is 0 Å². The van der Waals surface area contributed by atoms with E-state index in [2.05, 4.69) is 20.6 Å². The Balaban J connectivity index is 1.86. The molecule has 0 saturated carbocycles. The van der Waals surface area contributed by atoms with Crippen LogP contribution < -0.4 is 15.4 Å². The maximum Gasteiger partial charge on any atom is 0.191 e. The molecule has 0 fully saturated rings. The fourth-order valence-electron chi connectivity index (χ4n) is 2.26. The van der Waals surface area contributed by atoms with Crippen LogP contribution in [0.4, 0.5) is 4.39 Å². The van der Waals surface area contributed by atoms with E-state index in [1.54, 1.807) is 29.2 Å². The highest BCUT2D eigenvalue weighted by Crippen LogP contribution is 2.22. The van der Waals surface area contributed by atoms with Gasteiger partial charge < -0.3 is 15.4 Å². The standard InChI is InChI=1S/C18H25FN4OS2/c1-4-20-17(21-8-5-10-25-18-22-9-11-26-18)23-13(2)14-6-7-16(24-3)15(19)12-14/h6-7,9,11-13H,4-5,8,10H2,1-3H3,(H2,20,21,23). The average molecular weight is 397 g/mol. The molecule has 1 heterocycles. The Morgan fingerprint density at radius 1 is 1.46 bits per heavy atom. The van der Waals surface area contributed by atoms with Crippen molar-refractivity contribution < 1.29 is 9.13 Å². The van der Waals surface area contributed by atoms with Gasteiger partial charge in [-0.1, -0.05) is 17.8 Å². The fraction of sp³-hybridized carbons (Fsp3) is 0.444. The van der Waals surface area contributed by atoms with Crippen molar-refractivity contribution in [1.82, 2.24) is 15.6 Å². The lowest BCUT2D eigenvalue weighted by molar-refractivity contribution is 0.386. The summed E-state index contributed by atoms with van der Waals surface area (Å²) < 4.78 is 20.0. The van der Waals surface area contributed by atoms with Gasteiger partial charge in [-0.25, -0.2) is 9.37 Å². The van der Waals surface area contributed by atoms with E-state index in [4.69, 9.17) is 4.74 Å². The molecular formula is C18H25FN4OS2. The molecule has 0 aliphatic heterocycles. The Morgan fingerprint density at radius 3 is 2.96 bits per heavy atom. The van der Waals surface area contributed by atoms with Gasteiger partial charge in [-0.05, 0) is 38.0 Å². The largest absolute Gasteiger partial charge is 0.494 e. The Labute approximate surface area is 162 Å². The van der Waals surface area contributed by atoms with Gasteiger partial charge in [0.25, 0.3) is 0 Å². The molecule has 8 heteroatoms. The van der Waals surface area contributed by atoms with Gasteiger partial charge in [0.05, 0.1) is 13.2 Å². The van der Waals surface area contributed by atoms with Gasteiger partial charge in [0, 0.05) is 30.4 Å². The number of nitrogens with one attached hydrogen (secondary N) is 2. The molecule has 0 radical (unpaired) electrons. The number of aliphatic imine (C=N–C) groups is 1. The van der Waals surface area contributed by atoms with Gasteiger partial charge >= 0.3 is 0 Å². The molecular weight excluding hydrogens is 371 g/mol. The molecule has 0 aliphatic rings. The molecule has 2 N–H and O–H groups in total. The Bertz CT molecular complexity index is 695. The van der Waals surface area contributed by atoms with Gasteiger partial charge in [0.1, 0.15) is 4.34 Å². The lowest BCUT2D eigenvalue weighted by Gasteiger charge is -2.18. The molecule has 1 aromatic heterocycles. The molecule has 0 saturated heterocycles. The van der Waals surface area contributed by atoms with E-state index in [1.165, 1.54) is 13.2 Å². The molecule has 0 aliphatic carbocycles. The average Bonchev–Trinajstić information content (AvgIpc) is 3.14. The fourth-order valence-corrected chi connectivity index (χ4v) is 3.89. The molecule has 0 spiro atoms. The molecule has 1 atom stereocenters. The van der Waals surface area contributed by atoms with Gasteiger partial charge in [0.2, 0.25) is 0 Å². The third kappa shape index (κ3) is 6.49. The zero-order chi connectivity index (χ0) is 18.8. The summed E-state index contributed by atoms with van der Waals surface area (Å²) in [6.45, 7) is 5.49. The number of thiazole rings is 1. The Morgan fingerprint density at radius 2 is 2.31 bits per heavy atom. The van der Waals surface area contributed by atoms with Crippen molar-refractivity contribution in [2.24, 2.45) is 4.99 Å². The molecule has 0 amide bonds. The normalized spacial score (nSPS) is 12.7. The SMILES string of the molecule is CCNC(=NCCCSc1nccs1)NC(C)c1ccc(OC)c(F)c1. The van der Waals surface area contributed by atoms with Gasteiger partial charge in [-0.15, -0.1) is 11.3 Å². The highest BCUT2D eigenvalue weighted by molar-refractivity contribution is 8.00. The first kappa shape index (κ1) is 20.5. The lowest BCUT2D eigenvalue weighted by atomic mass is 10.1. The van der Waals surface area contributed by atoms with Crippen LogP contribution in [0.5, 0.6) is 5.75 Å². The second kappa shape index (κ2) is 11.0. The minimum atomic E-state index is -0.361. The van der Waals surface area contributed by atoms with Crippen LogP contribution in [0.15, 0.2) is 39.1 Å². The summed E-state index contributed by atoms with van der Waals surface area (Å²) in [5.41, 5.74) is 0.841. The summed E-state index contributed by atoms with van der Waals surface area (Å²) in [6, 6.07) is 4.92. The summed E-state index contributed by atoms with van der Waals surface area (Å²) >= 11 is 3.41. The quantitative estimate of drug-likeness (QED) is 0.289. The number of hydrogen-bond donors (Lipinski definition) is 2. The number of guanidine groups is 1. The van der Waals surface area contributed by atoms with Crippen molar-refractivity contribution in [2.45, 2.75) is 30.6 Å². The zero-order valence-electron chi connectivity index (χ0n) is 15.3. The van der Waals surface area contributed by atoms with Crippen molar-refractivity contribution in [2.75, 3.05) is 26.0 Å². The first-order valence-corrected chi connectivity index (χ1v) is 10.4. The van der Waals surface area contributed by atoms with Crippen LogP contribution in [0, 0.1) is 5.82 Å². The maximum atomic E-state index is 13.9. The lowest BCUT2D eigenvalue weighted by Crippen LogP contribution is -2.38. The maximum absolute atomic E-state index is 13.9. The van der Waals surface area contributed by atoms with Crippen LogP contribution in [0.2, 0.25) is 0 Å². The van der Waals surface area contributed by atoms with E-state index < -0.39 is 0 Å². The molecule has 1 unspecified atom stereocenters. The molecule has 142 valence electrons. The molecule has 0 bridgehead atoms. The number of nitrogens with zero attached hydrogens (tertiary/aromatic N) is 2. The number of halogens is 1. The van der Waals surface area contributed by atoms with E-state index in [0.29, 0.717) is 0 Å². The second-order valence-corrected chi connectivity index (χ2v) is 7.76. The topological polar surface area (TPSA) is 58.5 Å². The first-order valence-electron chi connectivity index (χ1n) is 8.54. The zero-order valence-corrected chi connectivity index (χ0v) is 16.9. The summed E-state index contributed by atoms with van der Waals surface area (Å²) in [5, 5.41) is 8.53. The highest BCUT2D eigenvalue weighted by atomic mass is 32.2. The van der Waals surface area contributed by atoms with Crippen molar-refractivity contribution in [3.05, 3.63) is 41.2 Å². The molecule has 26 heavy (non-hydrogen) atoms. The van der Waals surface area contributed by atoms with Gasteiger partial charge in [0.15, 0.2) is 17.5 Å². The summed E-state index contributed by atoms with van der Waals surface area (Å²) in [6.07, 6.45) is 2.79. The van der Waals surface area contributed by atoms with Crippen LogP contribution >= 0.6 is 23.1 Å². The van der Waals surface area contributed by atoms with E-state index in [9.17, 15) is 4.39 Å². The minimum Gasteiger partial charge on any atom is -0.494 e. The Kier molecular flexibility index (Phi) is 8.70. The number of benzene rings is 1. The van der Waals surface area contributed by atoms with Crippen molar-refractivity contribution >= 4 is 29.1 Å². The smallest absolute Gasteiger partial charge is 0.191 e. The second-order valence-electron chi connectivity index (χ2n) is 5.52. The van der Waals surface area contributed by atoms with Crippen LogP contribution in [0.3, 0.4) is 0 Å². The number of ether oxygens (including phenoxy) is 1. The predicted octanol–water partition coefficient (Wildman–Crippen LogP) is 4.09. The van der Waals surface area contributed by atoms with Crippen molar-refractivity contribution in [3.63, 3.8) is 0 Å². The predicted molar refractivity (Wildman–Crippen MR) is 108 cm³/mol. The molecule has 2 aromatic rings. The number of aromatic nitrogens is 1. The van der Waals surface area contributed by atoms with E-state index in [0.717, 1.165) is 41.1 Å². The van der Waals surface area contributed by atoms with E-state index in [-0.39, 0.29) is 17.6 Å². The number of thioether (sulfide) groups is 1.